The summed E-state index contributed by atoms with van der Waals surface area (Å²) in [6.07, 6.45) is 9.85. The Morgan fingerprint density at radius 1 is 1.21 bits per heavy atom. The molecule has 0 saturated carbocycles. The van der Waals surface area contributed by atoms with Gasteiger partial charge in [-0.25, -0.2) is 0 Å². The van der Waals surface area contributed by atoms with Crippen molar-refractivity contribution in [2.75, 3.05) is 7.05 Å². The van der Waals surface area contributed by atoms with E-state index in [1.165, 1.54) is 42.6 Å². The zero-order chi connectivity index (χ0) is 13.5. The number of fused-ring (bicyclic) bond motifs is 1. The van der Waals surface area contributed by atoms with Gasteiger partial charge in [-0.2, -0.15) is 0 Å². The Morgan fingerprint density at radius 3 is 2.89 bits per heavy atom. The van der Waals surface area contributed by atoms with Crippen molar-refractivity contribution in [1.82, 2.24) is 10.3 Å². The van der Waals surface area contributed by atoms with E-state index in [-0.39, 0.29) is 5.91 Å². The molecule has 0 atom stereocenters. The van der Waals surface area contributed by atoms with E-state index in [1.807, 2.05) is 0 Å². The fourth-order valence-corrected chi connectivity index (χ4v) is 2.66. The van der Waals surface area contributed by atoms with Gasteiger partial charge in [0.2, 0.25) is 5.91 Å². The van der Waals surface area contributed by atoms with Crippen LogP contribution in [0.4, 0.5) is 0 Å². The third-order valence-electron chi connectivity index (χ3n) is 3.85. The van der Waals surface area contributed by atoms with Crippen molar-refractivity contribution in [3.8, 4) is 0 Å². The van der Waals surface area contributed by atoms with E-state index in [0.717, 1.165) is 25.7 Å². The van der Waals surface area contributed by atoms with E-state index in [1.54, 1.807) is 7.05 Å². The van der Waals surface area contributed by atoms with Crippen molar-refractivity contribution >= 4 is 5.91 Å². The van der Waals surface area contributed by atoms with Crippen molar-refractivity contribution in [1.29, 1.82) is 0 Å². The van der Waals surface area contributed by atoms with Gasteiger partial charge in [0, 0.05) is 24.9 Å². The molecule has 2 rings (SSSR count). The molecule has 3 heteroatoms. The lowest BCUT2D eigenvalue weighted by Gasteiger charge is -2.07. The molecule has 0 bridgehead atoms. The van der Waals surface area contributed by atoms with Crippen LogP contribution < -0.4 is 5.32 Å². The van der Waals surface area contributed by atoms with E-state index < -0.39 is 0 Å². The first-order valence-electron chi connectivity index (χ1n) is 7.48. The summed E-state index contributed by atoms with van der Waals surface area (Å²) in [6.45, 7) is 0. The predicted molar refractivity (Wildman–Crippen MR) is 77.1 cm³/mol. The number of carbonyl (C=O) groups is 1. The molecule has 0 aromatic carbocycles. The third kappa shape index (κ3) is 4.34. The standard InChI is InChI=1S/C16H24N2O/c1-17-16(19)10-6-5-8-14-12-11-13-7-3-2-4-9-15(13)18-14/h11-12H,2-10H2,1H3,(H,17,19). The molecule has 1 aromatic heterocycles. The van der Waals surface area contributed by atoms with Crippen LogP contribution >= 0.6 is 0 Å². The maximum Gasteiger partial charge on any atom is 0.219 e. The van der Waals surface area contributed by atoms with Crippen LogP contribution in [0.15, 0.2) is 12.1 Å². The molecule has 1 N–H and O–H groups in total. The van der Waals surface area contributed by atoms with Gasteiger partial charge in [-0.15, -0.1) is 0 Å². The van der Waals surface area contributed by atoms with Crippen LogP contribution in [0.25, 0.3) is 0 Å². The Hall–Kier alpha value is -1.38. The van der Waals surface area contributed by atoms with E-state index in [4.69, 9.17) is 4.98 Å². The minimum absolute atomic E-state index is 0.134. The summed E-state index contributed by atoms with van der Waals surface area (Å²) in [5.74, 6) is 0.134. The second kappa shape index (κ2) is 7.27. The Labute approximate surface area is 115 Å². The summed E-state index contributed by atoms with van der Waals surface area (Å²) in [5, 5.41) is 2.66. The summed E-state index contributed by atoms with van der Waals surface area (Å²) in [5.41, 5.74) is 3.96. The van der Waals surface area contributed by atoms with Crippen LogP contribution in [-0.2, 0) is 24.1 Å². The Kier molecular flexibility index (Phi) is 5.37. The van der Waals surface area contributed by atoms with Gasteiger partial charge >= 0.3 is 0 Å². The minimum atomic E-state index is 0.134. The molecule has 1 amide bonds. The molecule has 104 valence electrons. The molecule has 1 heterocycles. The first kappa shape index (κ1) is 14.0. The highest BCUT2D eigenvalue weighted by molar-refractivity contribution is 5.75. The zero-order valence-electron chi connectivity index (χ0n) is 11.9. The number of aromatic nitrogens is 1. The third-order valence-corrected chi connectivity index (χ3v) is 3.85. The minimum Gasteiger partial charge on any atom is -0.359 e. The second-order valence-electron chi connectivity index (χ2n) is 5.35. The smallest absolute Gasteiger partial charge is 0.219 e. The van der Waals surface area contributed by atoms with Crippen LogP contribution in [0.2, 0.25) is 0 Å². The van der Waals surface area contributed by atoms with Crippen LogP contribution in [0, 0.1) is 0 Å². The molecule has 1 aliphatic carbocycles. The number of hydrogen-bond donors (Lipinski definition) is 1. The van der Waals surface area contributed by atoms with Gasteiger partial charge in [0.15, 0.2) is 0 Å². The van der Waals surface area contributed by atoms with Gasteiger partial charge in [0.05, 0.1) is 0 Å². The number of pyridine rings is 1. The molecule has 0 radical (unpaired) electrons. The molecule has 0 fully saturated rings. The average molecular weight is 260 g/mol. The van der Waals surface area contributed by atoms with Crippen LogP contribution in [0.3, 0.4) is 0 Å². The zero-order valence-corrected chi connectivity index (χ0v) is 11.9. The van der Waals surface area contributed by atoms with Crippen molar-refractivity contribution in [2.45, 2.75) is 57.8 Å². The van der Waals surface area contributed by atoms with Crippen molar-refractivity contribution in [3.05, 3.63) is 29.1 Å². The number of unbranched alkanes of at least 4 members (excludes halogenated alkanes) is 1. The Balaban J connectivity index is 1.84. The van der Waals surface area contributed by atoms with Crippen molar-refractivity contribution < 1.29 is 4.79 Å². The summed E-state index contributed by atoms with van der Waals surface area (Å²) in [7, 11) is 1.69. The predicted octanol–water partition coefficient (Wildman–Crippen LogP) is 2.81. The van der Waals surface area contributed by atoms with E-state index in [2.05, 4.69) is 17.4 Å². The molecule has 19 heavy (non-hydrogen) atoms. The maximum atomic E-state index is 11.1. The summed E-state index contributed by atoms with van der Waals surface area (Å²) >= 11 is 0. The van der Waals surface area contributed by atoms with E-state index >= 15 is 0 Å². The molecule has 1 aromatic rings. The monoisotopic (exact) mass is 260 g/mol. The number of rotatable bonds is 5. The van der Waals surface area contributed by atoms with E-state index in [9.17, 15) is 4.79 Å². The molecule has 3 nitrogen and oxygen atoms in total. The molecular weight excluding hydrogens is 236 g/mol. The Morgan fingerprint density at radius 2 is 2.05 bits per heavy atom. The van der Waals surface area contributed by atoms with Gasteiger partial charge in [0.25, 0.3) is 0 Å². The normalized spacial score (nSPS) is 14.6. The number of nitrogens with one attached hydrogen (secondary N) is 1. The van der Waals surface area contributed by atoms with Gasteiger partial charge in [0.1, 0.15) is 0 Å². The van der Waals surface area contributed by atoms with Gasteiger partial charge in [-0.05, 0) is 56.6 Å². The SMILES string of the molecule is CNC(=O)CCCCc1ccc2c(n1)CCCCC2. The fourth-order valence-electron chi connectivity index (χ4n) is 2.66. The van der Waals surface area contributed by atoms with Crippen molar-refractivity contribution in [3.63, 3.8) is 0 Å². The molecule has 0 saturated heterocycles. The largest absolute Gasteiger partial charge is 0.359 e. The lowest BCUT2D eigenvalue weighted by Crippen LogP contribution is -2.16. The summed E-state index contributed by atoms with van der Waals surface area (Å²) in [4.78, 5) is 15.9. The summed E-state index contributed by atoms with van der Waals surface area (Å²) < 4.78 is 0. The van der Waals surface area contributed by atoms with E-state index in [0.29, 0.717) is 6.42 Å². The van der Waals surface area contributed by atoms with Gasteiger partial charge < -0.3 is 5.32 Å². The maximum absolute atomic E-state index is 11.1. The average Bonchev–Trinajstić information content (AvgIpc) is 2.68. The van der Waals surface area contributed by atoms with Crippen molar-refractivity contribution in [2.24, 2.45) is 0 Å². The first-order chi connectivity index (χ1) is 9.29. The molecular formula is C16H24N2O. The molecule has 0 unspecified atom stereocenters. The van der Waals surface area contributed by atoms with Crippen LogP contribution in [-0.4, -0.2) is 17.9 Å². The highest BCUT2D eigenvalue weighted by atomic mass is 16.1. The second-order valence-corrected chi connectivity index (χ2v) is 5.35. The number of hydrogen-bond acceptors (Lipinski definition) is 2. The quantitative estimate of drug-likeness (QED) is 0.653. The fraction of sp³-hybridized carbons (Fsp3) is 0.625. The number of nitrogens with zero attached hydrogens (tertiary/aromatic N) is 1. The lowest BCUT2D eigenvalue weighted by molar-refractivity contribution is -0.120. The molecule has 0 spiro atoms. The molecule has 0 aliphatic heterocycles. The Bertz CT molecular complexity index is 429. The number of aryl methyl sites for hydroxylation is 3. The van der Waals surface area contributed by atoms with Crippen LogP contribution in [0.1, 0.15) is 55.5 Å². The summed E-state index contributed by atoms with van der Waals surface area (Å²) in [6, 6.07) is 4.44. The van der Waals surface area contributed by atoms with Crippen LogP contribution in [0.5, 0.6) is 0 Å². The number of carbonyl (C=O) groups excluding carboxylic acids is 1. The van der Waals surface area contributed by atoms with Gasteiger partial charge in [-0.3, -0.25) is 9.78 Å². The molecule has 1 aliphatic rings. The lowest BCUT2D eigenvalue weighted by atomic mass is 10.1. The first-order valence-corrected chi connectivity index (χ1v) is 7.48. The number of amides is 1. The highest BCUT2D eigenvalue weighted by Crippen LogP contribution is 2.19. The topological polar surface area (TPSA) is 42.0 Å². The highest BCUT2D eigenvalue weighted by Gasteiger charge is 2.09. The van der Waals surface area contributed by atoms with Gasteiger partial charge in [-0.1, -0.05) is 12.5 Å².